The summed E-state index contributed by atoms with van der Waals surface area (Å²) in [6.07, 6.45) is 1.35. The van der Waals surface area contributed by atoms with Crippen LogP contribution in [0.1, 0.15) is 24.4 Å². The zero-order valence-electron chi connectivity index (χ0n) is 8.23. The minimum absolute atomic E-state index is 0.247. The molecule has 0 spiro atoms. The van der Waals surface area contributed by atoms with Gasteiger partial charge in [0.1, 0.15) is 0 Å². The smallest absolute Gasteiger partial charge is 0.165 e. The zero-order valence-corrected chi connectivity index (χ0v) is 8.23. The van der Waals surface area contributed by atoms with E-state index in [1.165, 1.54) is 18.2 Å². The van der Waals surface area contributed by atoms with Crippen LogP contribution in [0.2, 0.25) is 0 Å². The van der Waals surface area contributed by atoms with E-state index in [1.807, 2.05) is 0 Å². The van der Waals surface area contributed by atoms with E-state index in [-0.39, 0.29) is 5.92 Å². The standard InChI is InChI=1S/C11H14FNO2/c12-8-5-7(3-4-9(8)14)10(13)11(15)6-1-2-6/h3-6,10-11,14-15H,1-2,13H2/t10-,11+/m0/s1. The van der Waals surface area contributed by atoms with Crippen LogP contribution < -0.4 is 5.73 Å². The molecule has 1 saturated carbocycles. The number of phenols is 1. The third-order valence-electron chi connectivity index (χ3n) is 2.83. The van der Waals surface area contributed by atoms with Gasteiger partial charge in [-0.25, -0.2) is 4.39 Å². The van der Waals surface area contributed by atoms with Crippen molar-refractivity contribution in [2.75, 3.05) is 0 Å². The van der Waals surface area contributed by atoms with Crippen LogP contribution in [0.15, 0.2) is 18.2 Å². The Morgan fingerprint density at radius 1 is 1.40 bits per heavy atom. The van der Waals surface area contributed by atoms with Crippen LogP contribution in [-0.2, 0) is 0 Å². The first-order chi connectivity index (χ1) is 7.09. The number of phenolic OH excluding ortho intramolecular Hbond substituents is 1. The van der Waals surface area contributed by atoms with Gasteiger partial charge in [-0.2, -0.15) is 0 Å². The summed E-state index contributed by atoms with van der Waals surface area (Å²) in [5.41, 5.74) is 6.32. The van der Waals surface area contributed by atoms with Crippen molar-refractivity contribution in [3.05, 3.63) is 29.6 Å². The van der Waals surface area contributed by atoms with Gasteiger partial charge in [-0.1, -0.05) is 6.07 Å². The molecule has 2 atom stereocenters. The molecule has 82 valence electrons. The number of rotatable bonds is 3. The highest BCUT2D eigenvalue weighted by atomic mass is 19.1. The fourth-order valence-electron chi connectivity index (χ4n) is 1.66. The summed E-state index contributed by atoms with van der Waals surface area (Å²) in [4.78, 5) is 0. The Balaban J connectivity index is 2.17. The number of aliphatic hydroxyl groups excluding tert-OH is 1. The van der Waals surface area contributed by atoms with Crippen LogP contribution in [0.4, 0.5) is 4.39 Å². The van der Waals surface area contributed by atoms with Crippen molar-refractivity contribution < 1.29 is 14.6 Å². The first-order valence-electron chi connectivity index (χ1n) is 5.01. The molecule has 1 aromatic rings. The maximum Gasteiger partial charge on any atom is 0.165 e. The lowest BCUT2D eigenvalue weighted by molar-refractivity contribution is 0.122. The molecule has 0 bridgehead atoms. The summed E-state index contributed by atoms with van der Waals surface area (Å²) >= 11 is 0. The van der Waals surface area contributed by atoms with Crippen molar-refractivity contribution in [2.45, 2.75) is 25.0 Å². The Morgan fingerprint density at radius 2 is 2.07 bits per heavy atom. The Labute approximate surface area is 87.3 Å². The molecule has 4 heteroatoms. The fraction of sp³-hybridized carbons (Fsp3) is 0.455. The fourth-order valence-corrected chi connectivity index (χ4v) is 1.66. The number of hydrogen-bond donors (Lipinski definition) is 3. The largest absolute Gasteiger partial charge is 0.505 e. The van der Waals surface area contributed by atoms with Crippen molar-refractivity contribution in [3.8, 4) is 5.75 Å². The molecular weight excluding hydrogens is 197 g/mol. The average Bonchev–Trinajstić information content (AvgIpc) is 3.03. The van der Waals surface area contributed by atoms with Crippen LogP contribution in [0.25, 0.3) is 0 Å². The summed E-state index contributed by atoms with van der Waals surface area (Å²) in [7, 11) is 0. The monoisotopic (exact) mass is 211 g/mol. The second-order valence-corrected chi connectivity index (χ2v) is 4.06. The molecule has 0 radical (unpaired) electrons. The summed E-state index contributed by atoms with van der Waals surface area (Å²) < 4.78 is 13.0. The quantitative estimate of drug-likeness (QED) is 0.706. The Kier molecular flexibility index (Phi) is 2.63. The molecule has 1 aromatic carbocycles. The Bertz CT molecular complexity index is 366. The van der Waals surface area contributed by atoms with E-state index in [9.17, 15) is 9.50 Å². The van der Waals surface area contributed by atoms with Crippen molar-refractivity contribution in [1.82, 2.24) is 0 Å². The predicted molar refractivity (Wildman–Crippen MR) is 53.7 cm³/mol. The van der Waals surface area contributed by atoms with Gasteiger partial charge in [0, 0.05) is 0 Å². The first kappa shape index (κ1) is 10.4. The Morgan fingerprint density at radius 3 is 2.60 bits per heavy atom. The molecular formula is C11H14FNO2. The van der Waals surface area contributed by atoms with E-state index in [1.54, 1.807) is 0 Å². The molecule has 0 unspecified atom stereocenters. The molecule has 4 N–H and O–H groups in total. The van der Waals surface area contributed by atoms with Gasteiger partial charge in [-0.05, 0) is 36.5 Å². The second kappa shape index (κ2) is 3.79. The van der Waals surface area contributed by atoms with Crippen LogP contribution >= 0.6 is 0 Å². The third kappa shape index (κ3) is 2.11. The van der Waals surface area contributed by atoms with E-state index in [0.29, 0.717) is 5.56 Å². The van der Waals surface area contributed by atoms with E-state index >= 15 is 0 Å². The minimum atomic E-state index is -0.703. The highest BCUT2D eigenvalue weighted by Gasteiger charge is 2.34. The molecule has 1 aliphatic rings. The van der Waals surface area contributed by atoms with E-state index in [0.717, 1.165) is 12.8 Å². The van der Waals surface area contributed by atoms with Crippen molar-refractivity contribution in [3.63, 3.8) is 0 Å². The summed E-state index contributed by atoms with van der Waals surface area (Å²) in [6, 6.07) is 3.39. The minimum Gasteiger partial charge on any atom is -0.505 e. The topological polar surface area (TPSA) is 66.5 Å². The van der Waals surface area contributed by atoms with Crippen LogP contribution in [-0.4, -0.2) is 16.3 Å². The third-order valence-corrected chi connectivity index (χ3v) is 2.83. The maximum absolute atomic E-state index is 13.0. The van der Waals surface area contributed by atoms with Crippen LogP contribution in [0.3, 0.4) is 0 Å². The average molecular weight is 211 g/mol. The van der Waals surface area contributed by atoms with Gasteiger partial charge in [-0.15, -0.1) is 0 Å². The van der Waals surface area contributed by atoms with Crippen molar-refractivity contribution in [2.24, 2.45) is 11.7 Å². The van der Waals surface area contributed by atoms with E-state index < -0.39 is 23.7 Å². The Hall–Kier alpha value is -1.13. The predicted octanol–water partition coefficient (Wildman–Crippen LogP) is 1.30. The number of halogens is 1. The molecule has 0 amide bonds. The summed E-state index contributed by atoms with van der Waals surface area (Å²) in [5, 5.41) is 18.8. The lowest BCUT2D eigenvalue weighted by Gasteiger charge is -2.18. The first-order valence-corrected chi connectivity index (χ1v) is 5.01. The maximum atomic E-state index is 13.0. The van der Waals surface area contributed by atoms with E-state index in [4.69, 9.17) is 10.8 Å². The van der Waals surface area contributed by atoms with E-state index in [2.05, 4.69) is 0 Å². The molecule has 1 fully saturated rings. The van der Waals surface area contributed by atoms with Gasteiger partial charge in [0.05, 0.1) is 12.1 Å². The summed E-state index contributed by atoms with van der Waals surface area (Å²) in [5.74, 6) is -0.852. The molecule has 0 heterocycles. The van der Waals surface area contributed by atoms with Gasteiger partial charge in [0.2, 0.25) is 0 Å². The number of nitrogens with two attached hydrogens (primary N) is 1. The highest BCUT2D eigenvalue weighted by Crippen LogP contribution is 2.37. The molecule has 0 saturated heterocycles. The molecule has 2 rings (SSSR count). The van der Waals surface area contributed by atoms with Crippen molar-refractivity contribution in [1.29, 1.82) is 0 Å². The molecule has 0 aromatic heterocycles. The van der Waals surface area contributed by atoms with Gasteiger partial charge in [-0.3, -0.25) is 0 Å². The number of hydrogen-bond acceptors (Lipinski definition) is 3. The molecule has 0 aliphatic heterocycles. The second-order valence-electron chi connectivity index (χ2n) is 4.06. The zero-order chi connectivity index (χ0) is 11.0. The molecule has 3 nitrogen and oxygen atoms in total. The SMILES string of the molecule is N[C@@H](c1ccc(O)c(F)c1)[C@H](O)C1CC1. The van der Waals surface area contributed by atoms with Gasteiger partial charge >= 0.3 is 0 Å². The molecule has 15 heavy (non-hydrogen) atoms. The summed E-state index contributed by atoms with van der Waals surface area (Å²) in [6.45, 7) is 0. The van der Waals surface area contributed by atoms with Gasteiger partial charge < -0.3 is 15.9 Å². The van der Waals surface area contributed by atoms with Gasteiger partial charge in [0.15, 0.2) is 11.6 Å². The number of benzene rings is 1. The number of aromatic hydroxyl groups is 1. The molecule has 1 aliphatic carbocycles. The van der Waals surface area contributed by atoms with Crippen LogP contribution in [0, 0.1) is 11.7 Å². The highest BCUT2D eigenvalue weighted by molar-refractivity contribution is 5.30. The lowest BCUT2D eigenvalue weighted by Crippen LogP contribution is -2.27. The van der Waals surface area contributed by atoms with Crippen molar-refractivity contribution >= 4 is 0 Å². The lowest BCUT2D eigenvalue weighted by atomic mass is 9.99. The van der Waals surface area contributed by atoms with Gasteiger partial charge in [0.25, 0.3) is 0 Å². The van der Waals surface area contributed by atoms with Crippen LogP contribution in [0.5, 0.6) is 5.75 Å². The number of aliphatic hydroxyl groups is 1. The normalized spacial score (nSPS) is 19.9.